The van der Waals surface area contributed by atoms with Crippen LogP contribution in [0.2, 0.25) is 0 Å². The lowest BCUT2D eigenvalue weighted by atomic mass is 9.82. The summed E-state index contributed by atoms with van der Waals surface area (Å²) in [5, 5.41) is 3.02. The van der Waals surface area contributed by atoms with E-state index in [9.17, 15) is 9.59 Å². The van der Waals surface area contributed by atoms with Gasteiger partial charge in [-0.3, -0.25) is 9.59 Å². The zero-order valence-corrected chi connectivity index (χ0v) is 16.5. The molecule has 0 heterocycles. The Balaban J connectivity index is 2.78. The van der Waals surface area contributed by atoms with E-state index < -0.39 is 5.91 Å². The highest BCUT2D eigenvalue weighted by Gasteiger charge is 2.26. The monoisotopic (exact) mass is 362 g/mol. The highest BCUT2D eigenvalue weighted by atomic mass is 16.5. The zero-order chi connectivity index (χ0) is 20.0. The molecule has 0 saturated carbocycles. The van der Waals surface area contributed by atoms with Crippen LogP contribution in [0.3, 0.4) is 0 Å². The summed E-state index contributed by atoms with van der Waals surface area (Å²) in [6.07, 6.45) is 4.05. The summed E-state index contributed by atoms with van der Waals surface area (Å²) in [7, 11) is 1.50. The smallest absolute Gasteiger partial charge is 0.255 e. The normalized spacial score (nSPS) is 12.1. The number of rotatable bonds is 8. The van der Waals surface area contributed by atoms with Gasteiger partial charge in [-0.15, -0.1) is 0 Å². The predicted molar refractivity (Wildman–Crippen MR) is 103 cm³/mol. The van der Waals surface area contributed by atoms with Crippen LogP contribution in [-0.4, -0.2) is 31.1 Å². The number of benzene rings is 1. The quantitative estimate of drug-likeness (QED) is 0.696. The van der Waals surface area contributed by atoms with Gasteiger partial charge < -0.3 is 20.5 Å². The van der Waals surface area contributed by atoms with Crippen LogP contribution < -0.4 is 20.5 Å². The summed E-state index contributed by atoms with van der Waals surface area (Å²) in [6.45, 7) is 10.2. The Morgan fingerprint density at radius 2 is 1.81 bits per heavy atom. The summed E-state index contributed by atoms with van der Waals surface area (Å²) in [4.78, 5) is 23.0. The van der Waals surface area contributed by atoms with Crippen LogP contribution in [0.4, 0.5) is 0 Å². The number of amides is 2. The Hall–Kier alpha value is -2.50. The number of nitrogens with two attached hydrogens (primary N) is 1. The third kappa shape index (κ3) is 8.05. The van der Waals surface area contributed by atoms with Crippen molar-refractivity contribution >= 4 is 17.9 Å². The van der Waals surface area contributed by atoms with Crippen LogP contribution in [0.1, 0.15) is 46.6 Å². The molecule has 0 radical (unpaired) electrons. The van der Waals surface area contributed by atoms with E-state index in [4.69, 9.17) is 15.2 Å². The van der Waals surface area contributed by atoms with Crippen LogP contribution in [0.5, 0.6) is 11.5 Å². The molecule has 6 heteroatoms. The van der Waals surface area contributed by atoms with Gasteiger partial charge in [0.05, 0.1) is 7.11 Å². The van der Waals surface area contributed by atoms with E-state index in [0.717, 1.165) is 12.0 Å². The molecule has 26 heavy (non-hydrogen) atoms. The van der Waals surface area contributed by atoms with E-state index in [1.54, 1.807) is 24.3 Å². The minimum atomic E-state index is -0.564. The molecule has 0 aromatic heterocycles. The number of carbonyl (C=O) groups is 2. The zero-order valence-electron chi connectivity index (χ0n) is 16.5. The van der Waals surface area contributed by atoms with Crippen LogP contribution in [-0.2, 0) is 9.59 Å². The maximum absolute atomic E-state index is 12.2. The summed E-state index contributed by atoms with van der Waals surface area (Å²) in [5.74, 6) is 0.152. The van der Waals surface area contributed by atoms with Gasteiger partial charge in [-0.25, -0.2) is 0 Å². The van der Waals surface area contributed by atoms with Gasteiger partial charge >= 0.3 is 0 Å². The molecule has 1 aromatic rings. The first kappa shape index (κ1) is 21.5. The minimum absolute atomic E-state index is 0.120. The Morgan fingerprint density at radius 1 is 1.15 bits per heavy atom. The van der Waals surface area contributed by atoms with Gasteiger partial charge in [0.1, 0.15) is 0 Å². The van der Waals surface area contributed by atoms with Crippen LogP contribution >= 0.6 is 0 Å². The number of ether oxygens (including phenoxy) is 2. The molecule has 0 aliphatic rings. The number of nitrogens with one attached hydrogen (secondary N) is 1. The van der Waals surface area contributed by atoms with E-state index in [1.807, 2.05) is 13.8 Å². The molecule has 0 fully saturated rings. The van der Waals surface area contributed by atoms with Gasteiger partial charge in [0.15, 0.2) is 18.1 Å². The van der Waals surface area contributed by atoms with Crippen molar-refractivity contribution in [2.45, 2.75) is 46.6 Å². The highest BCUT2D eigenvalue weighted by molar-refractivity contribution is 5.92. The molecule has 0 spiro atoms. The molecule has 6 nitrogen and oxygen atoms in total. The SMILES string of the molecule is COc1cc(/C=C/C(=O)NC(C)(C)CC(C)(C)C)ccc1OCC(N)=O. The molecular weight excluding hydrogens is 332 g/mol. The van der Waals surface area contributed by atoms with E-state index in [0.29, 0.717) is 11.5 Å². The van der Waals surface area contributed by atoms with Gasteiger partial charge in [-0.1, -0.05) is 26.8 Å². The molecular formula is C20H30N2O4. The molecule has 2 amide bonds. The van der Waals surface area contributed by atoms with E-state index in [-0.39, 0.29) is 23.5 Å². The second-order valence-corrected chi connectivity index (χ2v) is 8.11. The Bertz CT molecular complexity index is 673. The standard InChI is InChI=1S/C20H30N2O4/c1-19(2,3)13-20(4,5)22-18(24)10-8-14-7-9-15(16(11-14)25-6)26-12-17(21)23/h7-11H,12-13H2,1-6H3,(H2,21,23)(H,22,24)/b10-8+. The number of hydrogen-bond donors (Lipinski definition) is 2. The van der Waals surface area contributed by atoms with Crippen molar-refractivity contribution in [2.24, 2.45) is 11.1 Å². The molecule has 1 rings (SSSR count). The van der Waals surface area contributed by atoms with Gasteiger partial charge in [-0.2, -0.15) is 0 Å². The highest BCUT2D eigenvalue weighted by Crippen LogP contribution is 2.29. The Labute approximate surface area is 155 Å². The number of methoxy groups -OCH3 is 1. The van der Waals surface area contributed by atoms with E-state index >= 15 is 0 Å². The fraction of sp³-hybridized carbons (Fsp3) is 0.500. The number of carbonyl (C=O) groups excluding carboxylic acids is 2. The largest absolute Gasteiger partial charge is 0.493 e. The average molecular weight is 362 g/mol. The molecule has 0 unspecified atom stereocenters. The van der Waals surface area contributed by atoms with E-state index in [1.165, 1.54) is 13.2 Å². The predicted octanol–water partition coefficient (Wildman–Crippen LogP) is 2.90. The summed E-state index contributed by atoms with van der Waals surface area (Å²) in [6, 6.07) is 5.16. The first-order valence-corrected chi connectivity index (χ1v) is 8.51. The molecule has 144 valence electrons. The lowest BCUT2D eigenvalue weighted by molar-refractivity contribution is -0.120. The average Bonchev–Trinajstić information content (AvgIpc) is 2.48. The first-order chi connectivity index (χ1) is 11.9. The fourth-order valence-electron chi connectivity index (χ4n) is 2.97. The number of hydrogen-bond acceptors (Lipinski definition) is 4. The Morgan fingerprint density at radius 3 is 2.35 bits per heavy atom. The van der Waals surface area contributed by atoms with Crippen molar-refractivity contribution in [1.29, 1.82) is 0 Å². The second kappa shape index (κ2) is 8.74. The maximum atomic E-state index is 12.2. The molecule has 0 aliphatic heterocycles. The van der Waals surface area contributed by atoms with Crippen molar-refractivity contribution in [3.63, 3.8) is 0 Å². The molecule has 0 saturated heterocycles. The molecule has 3 N–H and O–H groups in total. The van der Waals surface area contributed by atoms with Crippen molar-refractivity contribution in [1.82, 2.24) is 5.32 Å². The fourth-order valence-corrected chi connectivity index (χ4v) is 2.97. The second-order valence-electron chi connectivity index (χ2n) is 8.11. The lowest BCUT2D eigenvalue weighted by Crippen LogP contribution is -2.45. The van der Waals surface area contributed by atoms with Gasteiger partial charge in [0.2, 0.25) is 5.91 Å². The molecule has 0 aliphatic carbocycles. The van der Waals surface area contributed by atoms with E-state index in [2.05, 4.69) is 26.1 Å². The molecule has 0 atom stereocenters. The van der Waals surface area contributed by atoms with Crippen molar-refractivity contribution in [2.75, 3.05) is 13.7 Å². The van der Waals surface area contributed by atoms with Gasteiger partial charge in [0, 0.05) is 11.6 Å². The van der Waals surface area contributed by atoms with Crippen molar-refractivity contribution in [3.8, 4) is 11.5 Å². The number of primary amides is 1. The minimum Gasteiger partial charge on any atom is -0.493 e. The third-order valence-corrected chi connectivity index (χ3v) is 3.42. The van der Waals surface area contributed by atoms with Crippen molar-refractivity contribution < 1.29 is 19.1 Å². The molecule has 1 aromatic carbocycles. The maximum Gasteiger partial charge on any atom is 0.255 e. The lowest BCUT2D eigenvalue weighted by Gasteiger charge is -2.32. The van der Waals surface area contributed by atoms with Crippen LogP contribution in [0, 0.1) is 5.41 Å². The summed E-state index contributed by atoms with van der Waals surface area (Å²) >= 11 is 0. The molecule has 0 bridgehead atoms. The van der Waals surface area contributed by atoms with Crippen molar-refractivity contribution in [3.05, 3.63) is 29.8 Å². The summed E-state index contributed by atoms with van der Waals surface area (Å²) < 4.78 is 10.5. The van der Waals surface area contributed by atoms with Crippen LogP contribution in [0.25, 0.3) is 6.08 Å². The first-order valence-electron chi connectivity index (χ1n) is 8.51. The topological polar surface area (TPSA) is 90.7 Å². The third-order valence-electron chi connectivity index (χ3n) is 3.42. The van der Waals surface area contributed by atoms with Gasteiger partial charge in [-0.05, 0) is 49.5 Å². The van der Waals surface area contributed by atoms with Gasteiger partial charge in [0.25, 0.3) is 5.91 Å². The summed E-state index contributed by atoms with van der Waals surface area (Å²) in [5.41, 5.74) is 5.66. The Kier molecular flexibility index (Phi) is 7.24. The van der Waals surface area contributed by atoms with Crippen LogP contribution in [0.15, 0.2) is 24.3 Å².